The number of nitrogen functional groups attached to an aromatic ring is 1. The van der Waals surface area contributed by atoms with Crippen molar-refractivity contribution in [2.75, 3.05) is 5.73 Å². The standard InChI is InChI=1S/C11H9Cl2NS2/c12-7-1-3-10(9(14)5-7)15-6-8-2-4-11(13)16-8/h1-5H,6,14H2. The Labute approximate surface area is 113 Å². The molecule has 16 heavy (non-hydrogen) atoms. The van der Waals surface area contributed by atoms with Crippen molar-refractivity contribution in [3.63, 3.8) is 0 Å². The molecular formula is C11H9Cl2NS2. The average molecular weight is 290 g/mol. The number of halogens is 2. The lowest BCUT2D eigenvalue weighted by molar-refractivity contribution is 1.43. The van der Waals surface area contributed by atoms with Gasteiger partial charge in [0.2, 0.25) is 0 Å². The molecule has 0 saturated heterocycles. The van der Waals surface area contributed by atoms with E-state index in [0.717, 1.165) is 20.7 Å². The third-order valence-corrected chi connectivity index (χ3v) is 4.76. The topological polar surface area (TPSA) is 26.0 Å². The molecule has 0 unspecified atom stereocenters. The molecule has 0 aliphatic carbocycles. The molecule has 1 nitrogen and oxygen atoms in total. The minimum atomic E-state index is 0.668. The largest absolute Gasteiger partial charge is 0.398 e. The molecule has 2 N–H and O–H groups in total. The minimum Gasteiger partial charge on any atom is -0.398 e. The van der Waals surface area contributed by atoms with Crippen LogP contribution in [0.15, 0.2) is 35.2 Å². The van der Waals surface area contributed by atoms with Crippen LogP contribution in [0.5, 0.6) is 0 Å². The molecule has 0 saturated carbocycles. The van der Waals surface area contributed by atoms with Gasteiger partial charge in [-0.2, -0.15) is 0 Å². The number of thioether (sulfide) groups is 1. The summed E-state index contributed by atoms with van der Waals surface area (Å²) in [6, 6.07) is 9.50. The van der Waals surface area contributed by atoms with Crippen molar-refractivity contribution < 1.29 is 0 Å². The fourth-order valence-electron chi connectivity index (χ4n) is 1.23. The summed E-state index contributed by atoms with van der Waals surface area (Å²) in [6.45, 7) is 0. The van der Waals surface area contributed by atoms with Crippen LogP contribution in [-0.4, -0.2) is 0 Å². The van der Waals surface area contributed by atoms with E-state index in [1.807, 2.05) is 24.3 Å². The van der Waals surface area contributed by atoms with E-state index >= 15 is 0 Å². The molecule has 0 amide bonds. The molecular weight excluding hydrogens is 281 g/mol. The summed E-state index contributed by atoms with van der Waals surface area (Å²) in [5, 5.41) is 0.668. The summed E-state index contributed by atoms with van der Waals surface area (Å²) in [4.78, 5) is 2.29. The lowest BCUT2D eigenvalue weighted by Gasteiger charge is -2.04. The monoisotopic (exact) mass is 289 g/mol. The molecule has 1 heterocycles. The molecule has 0 aliphatic rings. The first-order valence-corrected chi connectivity index (χ1v) is 7.13. The first kappa shape index (κ1) is 12.1. The van der Waals surface area contributed by atoms with Crippen LogP contribution in [-0.2, 0) is 5.75 Å². The summed E-state index contributed by atoms with van der Waals surface area (Å²) >= 11 is 15.0. The molecule has 0 aliphatic heterocycles. The van der Waals surface area contributed by atoms with Crippen LogP contribution in [0.2, 0.25) is 9.36 Å². The van der Waals surface area contributed by atoms with Crippen LogP contribution in [0.3, 0.4) is 0 Å². The minimum absolute atomic E-state index is 0.668. The Morgan fingerprint density at radius 3 is 2.62 bits per heavy atom. The molecule has 2 aromatic rings. The number of anilines is 1. The second-order valence-corrected chi connectivity index (χ2v) is 6.43. The van der Waals surface area contributed by atoms with Gasteiger partial charge < -0.3 is 5.73 Å². The van der Waals surface area contributed by atoms with Crippen LogP contribution in [0, 0.1) is 0 Å². The van der Waals surface area contributed by atoms with Crippen molar-refractivity contribution >= 4 is 52.0 Å². The van der Waals surface area contributed by atoms with E-state index in [-0.39, 0.29) is 0 Å². The molecule has 5 heteroatoms. The Morgan fingerprint density at radius 1 is 1.19 bits per heavy atom. The van der Waals surface area contributed by atoms with Gasteiger partial charge in [-0.3, -0.25) is 0 Å². The highest BCUT2D eigenvalue weighted by Gasteiger charge is 2.03. The van der Waals surface area contributed by atoms with Crippen LogP contribution in [0.25, 0.3) is 0 Å². The van der Waals surface area contributed by atoms with Crippen LogP contribution < -0.4 is 5.73 Å². The first-order valence-electron chi connectivity index (χ1n) is 4.57. The SMILES string of the molecule is Nc1cc(Cl)ccc1SCc1ccc(Cl)s1. The number of hydrogen-bond acceptors (Lipinski definition) is 3. The third-order valence-electron chi connectivity index (χ3n) is 1.97. The van der Waals surface area contributed by atoms with E-state index in [4.69, 9.17) is 28.9 Å². The molecule has 1 aromatic carbocycles. The van der Waals surface area contributed by atoms with E-state index < -0.39 is 0 Å². The van der Waals surface area contributed by atoms with E-state index in [0.29, 0.717) is 5.02 Å². The zero-order chi connectivity index (χ0) is 11.5. The second kappa shape index (κ2) is 5.32. The smallest absolute Gasteiger partial charge is 0.0931 e. The number of hydrogen-bond donors (Lipinski definition) is 1. The fraction of sp³-hybridized carbons (Fsp3) is 0.0909. The van der Waals surface area contributed by atoms with Gasteiger partial charge in [-0.05, 0) is 30.3 Å². The zero-order valence-corrected chi connectivity index (χ0v) is 11.4. The highest BCUT2D eigenvalue weighted by Crippen LogP contribution is 2.32. The summed E-state index contributed by atoms with van der Waals surface area (Å²) in [7, 11) is 0. The second-order valence-electron chi connectivity index (χ2n) is 3.18. The number of nitrogens with two attached hydrogens (primary N) is 1. The van der Waals surface area contributed by atoms with Gasteiger partial charge in [0.1, 0.15) is 0 Å². The van der Waals surface area contributed by atoms with Crippen LogP contribution in [0.4, 0.5) is 5.69 Å². The molecule has 1 aromatic heterocycles. The molecule has 84 valence electrons. The van der Waals surface area contributed by atoms with Crippen LogP contribution in [0.1, 0.15) is 4.88 Å². The maximum atomic E-state index is 5.86. The molecule has 2 rings (SSSR count). The third kappa shape index (κ3) is 3.08. The Morgan fingerprint density at radius 2 is 2.00 bits per heavy atom. The summed E-state index contributed by atoms with van der Waals surface area (Å²) in [5.74, 6) is 0.878. The normalized spacial score (nSPS) is 10.6. The number of thiophene rings is 1. The maximum absolute atomic E-state index is 5.86. The van der Waals surface area contributed by atoms with Gasteiger partial charge in [-0.25, -0.2) is 0 Å². The Hall–Kier alpha value is -0.350. The average Bonchev–Trinajstić information content (AvgIpc) is 2.63. The van der Waals surface area contributed by atoms with Gasteiger partial charge in [0.25, 0.3) is 0 Å². The lowest BCUT2D eigenvalue weighted by atomic mass is 10.3. The predicted molar refractivity (Wildman–Crippen MR) is 74.8 cm³/mol. The van der Waals surface area contributed by atoms with Gasteiger partial charge in [-0.15, -0.1) is 23.1 Å². The van der Waals surface area contributed by atoms with E-state index in [1.165, 1.54) is 4.88 Å². The summed E-state index contributed by atoms with van der Waals surface area (Å²) < 4.78 is 0.819. The van der Waals surface area contributed by atoms with Gasteiger partial charge in [0, 0.05) is 26.2 Å². The first-order chi connectivity index (χ1) is 7.65. The molecule has 0 radical (unpaired) electrons. The van der Waals surface area contributed by atoms with Gasteiger partial charge >= 0.3 is 0 Å². The Balaban J connectivity index is 2.04. The molecule has 0 atom stereocenters. The molecule has 0 spiro atoms. The van der Waals surface area contributed by atoms with E-state index in [2.05, 4.69) is 0 Å². The highest BCUT2D eigenvalue weighted by atomic mass is 35.5. The highest BCUT2D eigenvalue weighted by molar-refractivity contribution is 7.98. The van der Waals surface area contributed by atoms with Gasteiger partial charge in [0.15, 0.2) is 0 Å². The maximum Gasteiger partial charge on any atom is 0.0931 e. The molecule has 0 fully saturated rings. The van der Waals surface area contributed by atoms with Crippen molar-refractivity contribution in [3.05, 3.63) is 44.6 Å². The van der Waals surface area contributed by atoms with Gasteiger partial charge in [0.05, 0.1) is 4.34 Å². The number of benzene rings is 1. The lowest BCUT2D eigenvalue weighted by Crippen LogP contribution is -1.88. The van der Waals surface area contributed by atoms with E-state index in [1.54, 1.807) is 29.2 Å². The molecule has 0 bridgehead atoms. The summed E-state index contributed by atoms with van der Waals surface area (Å²) in [5.41, 5.74) is 6.59. The van der Waals surface area contributed by atoms with Crippen molar-refractivity contribution in [2.24, 2.45) is 0 Å². The number of rotatable bonds is 3. The van der Waals surface area contributed by atoms with Crippen molar-refractivity contribution in [2.45, 2.75) is 10.6 Å². The van der Waals surface area contributed by atoms with Crippen LogP contribution >= 0.6 is 46.3 Å². The Kier molecular flexibility index (Phi) is 4.03. The Bertz CT molecular complexity index is 496. The summed E-state index contributed by atoms with van der Waals surface area (Å²) in [6.07, 6.45) is 0. The van der Waals surface area contributed by atoms with Gasteiger partial charge in [-0.1, -0.05) is 23.2 Å². The van der Waals surface area contributed by atoms with Crippen molar-refractivity contribution in [3.8, 4) is 0 Å². The van der Waals surface area contributed by atoms with Crippen molar-refractivity contribution in [1.29, 1.82) is 0 Å². The zero-order valence-electron chi connectivity index (χ0n) is 8.24. The predicted octanol–water partition coefficient (Wildman–Crippen LogP) is 4.93. The fourth-order valence-corrected chi connectivity index (χ4v) is 3.49. The van der Waals surface area contributed by atoms with Crippen molar-refractivity contribution in [1.82, 2.24) is 0 Å². The quantitative estimate of drug-likeness (QED) is 0.640. The van der Waals surface area contributed by atoms with E-state index in [9.17, 15) is 0 Å².